The number of carbonyl (C=O) groups is 3. The second kappa shape index (κ2) is 34.0. The lowest BCUT2D eigenvalue weighted by Crippen LogP contribution is -2.28. The van der Waals surface area contributed by atoms with Crippen LogP contribution in [0.15, 0.2) is 12.2 Å². The Morgan fingerprint density at radius 3 is 1.50 bits per heavy atom. The van der Waals surface area contributed by atoms with E-state index in [9.17, 15) is 14.4 Å². The van der Waals surface area contributed by atoms with E-state index in [2.05, 4.69) is 31.3 Å². The summed E-state index contributed by atoms with van der Waals surface area (Å²) in [4.78, 5) is 34.6. The van der Waals surface area contributed by atoms with Gasteiger partial charge < -0.3 is 15.2 Å². The molecule has 0 saturated heterocycles. The molecule has 0 heterocycles. The van der Waals surface area contributed by atoms with Crippen molar-refractivity contribution in [3.63, 3.8) is 0 Å². The average molecular weight is 622 g/mol. The Labute approximate surface area is 271 Å². The van der Waals surface area contributed by atoms with Crippen molar-refractivity contribution in [1.29, 1.82) is 0 Å². The molecule has 0 fully saturated rings. The molecule has 1 amide bonds. The van der Waals surface area contributed by atoms with Gasteiger partial charge >= 0.3 is 11.9 Å². The first-order valence-corrected chi connectivity index (χ1v) is 18.8. The van der Waals surface area contributed by atoms with Crippen LogP contribution >= 0.6 is 0 Å². The quantitative estimate of drug-likeness (QED) is 0.0423. The normalized spacial score (nSPS) is 12.0. The molecular weight excluding hydrogens is 550 g/mol. The van der Waals surface area contributed by atoms with Gasteiger partial charge in [-0.25, -0.2) is 0 Å². The summed E-state index contributed by atoms with van der Waals surface area (Å²) in [7, 11) is 0. The minimum absolute atomic E-state index is 0.0275. The molecule has 6 nitrogen and oxygen atoms in total. The number of aliphatic carboxylic acids is 1. The summed E-state index contributed by atoms with van der Waals surface area (Å²) in [6, 6.07) is 0. The number of hydrogen-bond donors (Lipinski definition) is 2. The van der Waals surface area contributed by atoms with Crippen LogP contribution in [-0.4, -0.2) is 35.6 Å². The number of carboxylic acids is 1. The van der Waals surface area contributed by atoms with E-state index in [1.54, 1.807) is 0 Å². The van der Waals surface area contributed by atoms with Crippen LogP contribution in [0, 0.1) is 0 Å². The molecule has 44 heavy (non-hydrogen) atoms. The van der Waals surface area contributed by atoms with Crippen LogP contribution in [0.2, 0.25) is 0 Å². The van der Waals surface area contributed by atoms with Gasteiger partial charge in [-0.3, -0.25) is 14.4 Å². The van der Waals surface area contributed by atoms with E-state index in [0.717, 1.165) is 64.2 Å². The van der Waals surface area contributed by atoms with Crippen molar-refractivity contribution in [2.24, 2.45) is 0 Å². The summed E-state index contributed by atoms with van der Waals surface area (Å²) >= 11 is 0. The zero-order chi connectivity index (χ0) is 32.4. The molecule has 0 bridgehead atoms. The fraction of sp³-hybridized carbons (Fsp3) is 0.868. The van der Waals surface area contributed by atoms with E-state index in [4.69, 9.17) is 9.84 Å². The Balaban J connectivity index is 3.69. The number of carboxylic acid groups (broad SMARTS) is 1. The molecule has 0 spiro atoms. The van der Waals surface area contributed by atoms with Crippen LogP contribution in [-0.2, 0) is 19.1 Å². The van der Waals surface area contributed by atoms with E-state index in [1.807, 2.05) is 0 Å². The van der Waals surface area contributed by atoms with Crippen LogP contribution in [0.5, 0.6) is 0 Å². The van der Waals surface area contributed by atoms with Crippen molar-refractivity contribution in [3.8, 4) is 0 Å². The number of rotatable bonds is 34. The lowest BCUT2D eigenvalue weighted by Gasteiger charge is -2.18. The fourth-order valence-corrected chi connectivity index (χ4v) is 5.63. The van der Waals surface area contributed by atoms with E-state index >= 15 is 0 Å². The number of allylic oxidation sites excluding steroid dienone is 2. The minimum Gasteiger partial charge on any atom is -0.480 e. The van der Waals surface area contributed by atoms with E-state index in [0.29, 0.717) is 12.8 Å². The first-order valence-electron chi connectivity index (χ1n) is 18.8. The summed E-state index contributed by atoms with van der Waals surface area (Å²) in [5, 5.41) is 11.0. The van der Waals surface area contributed by atoms with Gasteiger partial charge in [0.1, 0.15) is 12.6 Å². The van der Waals surface area contributed by atoms with Gasteiger partial charge in [0, 0.05) is 12.8 Å². The molecular formula is C38H71NO5. The zero-order valence-electron chi connectivity index (χ0n) is 29.0. The van der Waals surface area contributed by atoms with Crippen LogP contribution in [0.4, 0.5) is 0 Å². The molecule has 1 unspecified atom stereocenters. The number of hydrogen-bond acceptors (Lipinski definition) is 4. The lowest BCUT2D eigenvalue weighted by molar-refractivity contribution is -0.150. The molecule has 0 aromatic rings. The molecule has 0 radical (unpaired) electrons. The molecule has 0 aliphatic heterocycles. The van der Waals surface area contributed by atoms with Gasteiger partial charge in [0.25, 0.3) is 0 Å². The molecule has 2 N–H and O–H groups in total. The van der Waals surface area contributed by atoms with Crippen molar-refractivity contribution in [2.75, 3.05) is 6.54 Å². The van der Waals surface area contributed by atoms with Crippen LogP contribution < -0.4 is 5.32 Å². The second-order valence-electron chi connectivity index (χ2n) is 12.8. The fourth-order valence-electron chi connectivity index (χ4n) is 5.63. The third-order valence-corrected chi connectivity index (χ3v) is 8.44. The van der Waals surface area contributed by atoms with Crippen LogP contribution in [0.1, 0.15) is 200 Å². The van der Waals surface area contributed by atoms with Crippen LogP contribution in [0.25, 0.3) is 0 Å². The Hall–Kier alpha value is -1.85. The summed E-state index contributed by atoms with van der Waals surface area (Å²) in [6.07, 6.45) is 38.0. The van der Waals surface area contributed by atoms with Crippen molar-refractivity contribution in [2.45, 2.75) is 206 Å². The maximum Gasteiger partial charge on any atom is 0.322 e. The number of carbonyl (C=O) groups excluding carboxylic acids is 2. The maximum absolute atomic E-state index is 12.5. The number of esters is 1. The van der Waals surface area contributed by atoms with E-state index in [1.165, 1.54) is 109 Å². The van der Waals surface area contributed by atoms with Gasteiger partial charge in [-0.2, -0.15) is 0 Å². The predicted molar refractivity (Wildman–Crippen MR) is 185 cm³/mol. The smallest absolute Gasteiger partial charge is 0.322 e. The standard InChI is InChI=1S/C38H71NO5/c1-3-5-7-8-9-10-11-12-13-14-15-16-17-18-19-20-21-22-23-24-29-33-38(43)44-35(30-26-6-4-2)31-27-25-28-32-36(40)39-34-37(41)42/h14-15,35H,3-13,16-34H2,1-2H3,(H,39,40)(H,41,42)/b15-14-. The highest BCUT2D eigenvalue weighted by molar-refractivity contribution is 5.80. The molecule has 0 rings (SSSR count). The lowest BCUT2D eigenvalue weighted by atomic mass is 10.0. The maximum atomic E-state index is 12.5. The van der Waals surface area contributed by atoms with Crippen molar-refractivity contribution < 1.29 is 24.2 Å². The van der Waals surface area contributed by atoms with Gasteiger partial charge in [0.15, 0.2) is 0 Å². The van der Waals surface area contributed by atoms with Gasteiger partial charge in [0.2, 0.25) is 5.91 Å². The molecule has 6 heteroatoms. The Morgan fingerprint density at radius 2 is 0.977 bits per heavy atom. The summed E-state index contributed by atoms with van der Waals surface area (Å²) < 4.78 is 5.85. The molecule has 1 atom stereocenters. The van der Waals surface area contributed by atoms with Gasteiger partial charge in [-0.15, -0.1) is 0 Å². The molecule has 0 saturated carbocycles. The van der Waals surface area contributed by atoms with E-state index < -0.39 is 5.97 Å². The number of amides is 1. The molecule has 258 valence electrons. The Bertz CT molecular complexity index is 693. The molecule has 0 aromatic carbocycles. The van der Waals surface area contributed by atoms with Crippen molar-refractivity contribution in [1.82, 2.24) is 5.32 Å². The van der Waals surface area contributed by atoms with Gasteiger partial charge in [0.05, 0.1) is 0 Å². The van der Waals surface area contributed by atoms with Crippen LogP contribution in [0.3, 0.4) is 0 Å². The molecule has 0 aliphatic rings. The first-order chi connectivity index (χ1) is 21.5. The third kappa shape index (κ3) is 33.1. The van der Waals surface area contributed by atoms with Crippen molar-refractivity contribution in [3.05, 3.63) is 12.2 Å². The average Bonchev–Trinajstić information content (AvgIpc) is 3.00. The highest BCUT2D eigenvalue weighted by Gasteiger charge is 2.14. The monoisotopic (exact) mass is 622 g/mol. The first kappa shape index (κ1) is 42.1. The summed E-state index contributed by atoms with van der Waals surface area (Å²) in [5.41, 5.74) is 0. The summed E-state index contributed by atoms with van der Waals surface area (Å²) in [6.45, 7) is 4.13. The molecule has 0 aromatic heterocycles. The highest BCUT2D eigenvalue weighted by atomic mass is 16.5. The largest absolute Gasteiger partial charge is 0.480 e. The van der Waals surface area contributed by atoms with Gasteiger partial charge in [-0.1, -0.05) is 135 Å². The Morgan fingerprint density at radius 1 is 0.568 bits per heavy atom. The SMILES string of the molecule is CCCCCCCCCC/C=C\CCCCCCCCCCCC(=O)OC(CCCCC)CCCCCC(=O)NCC(=O)O. The highest BCUT2D eigenvalue weighted by Crippen LogP contribution is 2.17. The van der Waals surface area contributed by atoms with Crippen molar-refractivity contribution >= 4 is 17.8 Å². The topological polar surface area (TPSA) is 92.7 Å². The molecule has 0 aliphatic carbocycles. The number of nitrogens with one attached hydrogen (secondary N) is 1. The van der Waals surface area contributed by atoms with Gasteiger partial charge in [-0.05, 0) is 64.2 Å². The third-order valence-electron chi connectivity index (χ3n) is 8.44. The summed E-state index contributed by atoms with van der Waals surface area (Å²) in [5.74, 6) is -1.31. The number of ether oxygens (including phenoxy) is 1. The Kier molecular flexibility index (Phi) is 32.6. The second-order valence-corrected chi connectivity index (χ2v) is 12.8. The minimum atomic E-state index is -1.03. The predicted octanol–water partition coefficient (Wildman–Crippen LogP) is 11.0. The van der Waals surface area contributed by atoms with E-state index in [-0.39, 0.29) is 24.5 Å². The number of unbranched alkanes of at least 4 members (excludes halogenated alkanes) is 21. The zero-order valence-corrected chi connectivity index (χ0v) is 29.0.